The van der Waals surface area contributed by atoms with Gasteiger partial charge in [-0.05, 0) is 30.2 Å². The molecule has 0 unspecified atom stereocenters. The number of hydrogen-bond acceptors (Lipinski definition) is 6. The van der Waals surface area contributed by atoms with Gasteiger partial charge in [0.25, 0.3) is 0 Å². The number of rotatable bonds is 8. The lowest BCUT2D eigenvalue weighted by molar-refractivity contribution is 0.324. The Bertz CT molecular complexity index is 1110. The summed E-state index contributed by atoms with van der Waals surface area (Å²) in [7, 11) is 1.53. The number of aromatic nitrogens is 1. The minimum absolute atomic E-state index is 0.0132. The maximum atomic E-state index is 11.9. The van der Waals surface area contributed by atoms with Crippen LogP contribution < -0.4 is 19.5 Å². The van der Waals surface area contributed by atoms with E-state index in [4.69, 9.17) is 14.2 Å². The van der Waals surface area contributed by atoms with Gasteiger partial charge in [-0.25, -0.2) is 8.42 Å². The van der Waals surface area contributed by atoms with Gasteiger partial charge in [-0.2, -0.15) is 0 Å². The standard InChI is InChI=1S/C22H26N2O5S/c1-14-16(13-30(5,25)26)6-7-18(21(14)15-8-9-23-12-15)24-17-10-19(27-2)22(29-4)20(11-17)28-3/h6-12,23-24H,13H2,1-5H3. The molecule has 30 heavy (non-hydrogen) atoms. The van der Waals surface area contributed by atoms with Crippen molar-refractivity contribution in [1.29, 1.82) is 0 Å². The highest BCUT2D eigenvalue weighted by atomic mass is 32.2. The van der Waals surface area contributed by atoms with Crippen molar-refractivity contribution in [3.8, 4) is 28.4 Å². The molecule has 1 aromatic heterocycles. The summed E-state index contributed by atoms with van der Waals surface area (Å²) in [6.07, 6.45) is 4.96. The SMILES string of the molecule is COc1cc(Nc2ccc(CS(C)(=O)=O)c(C)c2-c2cc[nH]c2)cc(OC)c1OC. The molecule has 0 radical (unpaired) electrons. The van der Waals surface area contributed by atoms with Crippen LogP contribution in [0.3, 0.4) is 0 Å². The number of methoxy groups -OCH3 is 3. The summed E-state index contributed by atoms with van der Waals surface area (Å²) >= 11 is 0. The molecule has 2 aromatic carbocycles. The molecular formula is C22H26N2O5S. The van der Waals surface area contributed by atoms with Crippen molar-refractivity contribution >= 4 is 21.2 Å². The number of aromatic amines is 1. The average Bonchev–Trinajstić information content (AvgIpc) is 3.22. The number of benzene rings is 2. The predicted octanol–water partition coefficient (Wildman–Crippen LogP) is 4.30. The van der Waals surface area contributed by atoms with E-state index in [1.54, 1.807) is 21.3 Å². The smallest absolute Gasteiger partial charge is 0.203 e. The lowest BCUT2D eigenvalue weighted by Gasteiger charge is -2.19. The predicted molar refractivity (Wildman–Crippen MR) is 119 cm³/mol. The van der Waals surface area contributed by atoms with Gasteiger partial charge >= 0.3 is 0 Å². The van der Waals surface area contributed by atoms with Gasteiger partial charge in [0, 0.05) is 53.3 Å². The molecule has 0 aliphatic heterocycles. The van der Waals surface area contributed by atoms with Crippen molar-refractivity contribution < 1.29 is 22.6 Å². The van der Waals surface area contributed by atoms with E-state index in [0.29, 0.717) is 17.2 Å². The van der Waals surface area contributed by atoms with Crippen molar-refractivity contribution in [2.45, 2.75) is 12.7 Å². The summed E-state index contributed by atoms with van der Waals surface area (Å²) in [4.78, 5) is 3.06. The summed E-state index contributed by atoms with van der Waals surface area (Å²) in [5, 5.41) is 3.41. The highest BCUT2D eigenvalue weighted by Gasteiger charge is 2.18. The van der Waals surface area contributed by atoms with Crippen LogP contribution in [0.15, 0.2) is 42.7 Å². The van der Waals surface area contributed by atoms with Gasteiger partial charge in [-0.3, -0.25) is 0 Å². The van der Waals surface area contributed by atoms with Gasteiger partial charge in [0.1, 0.15) is 0 Å². The van der Waals surface area contributed by atoms with Crippen LogP contribution in [0.5, 0.6) is 17.2 Å². The number of nitrogens with one attached hydrogen (secondary N) is 2. The average molecular weight is 431 g/mol. The van der Waals surface area contributed by atoms with E-state index in [1.807, 2.05) is 49.6 Å². The molecule has 0 saturated carbocycles. The molecule has 0 aliphatic carbocycles. The lowest BCUT2D eigenvalue weighted by atomic mass is 9.96. The van der Waals surface area contributed by atoms with Gasteiger partial charge in [0.2, 0.25) is 5.75 Å². The Labute approximate surface area is 176 Å². The highest BCUT2D eigenvalue weighted by molar-refractivity contribution is 7.89. The summed E-state index contributed by atoms with van der Waals surface area (Å²) in [6, 6.07) is 9.32. The fourth-order valence-electron chi connectivity index (χ4n) is 3.46. The number of hydrogen-bond donors (Lipinski definition) is 2. The van der Waals surface area contributed by atoms with E-state index in [-0.39, 0.29) is 5.75 Å². The number of sulfone groups is 1. The van der Waals surface area contributed by atoms with Crippen LogP contribution in [0.4, 0.5) is 11.4 Å². The molecule has 7 nitrogen and oxygen atoms in total. The van der Waals surface area contributed by atoms with Crippen molar-refractivity contribution in [2.24, 2.45) is 0 Å². The third-order valence-corrected chi connectivity index (χ3v) is 5.66. The molecule has 0 bridgehead atoms. The van der Waals surface area contributed by atoms with Gasteiger partial charge < -0.3 is 24.5 Å². The van der Waals surface area contributed by atoms with Gasteiger partial charge in [0.05, 0.1) is 27.1 Å². The van der Waals surface area contributed by atoms with Gasteiger partial charge in [0.15, 0.2) is 21.3 Å². The van der Waals surface area contributed by atoms with Crippen molar-refractivity contribution in [2.75, 3.05) is 32.9 Å². The fourth-order valence-corrected chi connectivity index (χ4v) is 4.34. The second kappa shape index (κ2) is 8.71. The Balaban J connectivity index is 2.12. The minimum atomic E-state index is -3.16. The summed E-state index contributed by atoms with van der Waals surface area (Å²) in [6.45, 7) is 1.93. The molecule has 3 aromatic rings. The first-order valence-corrected chi connectivity index (χ1v) is 11.3. The van der Waals surface area contributed by atoms with Crippen LogP contribution in [0.2, 0.25) is 0 Å². The van der Waals surface area contributed by atoms with Crippen LogP contribution >= 0.6 is 0 Å². The fraction of sp³-hybridized carbons (Fsp3) is 0.273. The zero-order valence-electron chi connectivity index (χ0n) is 17.7. The Morgan fingerprint density at radius 2 is 1.67 bits per heavy atom. The van der Waals surface area contributed by atoms with E-state index >= 15 is 0 Å². The van der Waals surface area contributed by atoms with E-state index in [0.717, 1.165) is 33.6 Å². The molecule has 0 saturated heterocycles. The molecule has 0 spiro atoms. The molecule has 3 rings (SSSR count). The molecule has 160 valence electrons. The zero-order chi connectivity index (χ0) is 21.9. The van der Waals surface area contributed by atoms with Gasteiger partial charge in [-0.15, -0.1) is 0 Å². The maximum Gasteiger partial charge on any atom is 0.203 e. The minimum Gasteiger partial charge on any atom is -0.493 e. The second-order valence-electron chi connectivity index (χ2n) is 6.98. The molecule has 0 aliphatic rings. The molecule has 8 heteroatoms. The summed E-state index contributed by atoms with van der Waals surface area (Å²) in [5.41, 5.74) is 5.13. The molecule has 2 N–H and O–H groups in total. The van der Waals surface area contributed by atoms with Crippen LogP contribution in [0.25, 0.3) is 11.1 Å². The molecule has 0 fully saturated rings. The first kappa shape index (κ1) is 21.6. The molecule has 1 heterocycles. The molecule has 0 amide bonds. The Hall–Kier alpha value is -3.13. The monoisotopic (exact) mass is 430 g/mol. The lowest BCUT2D eigenvalue weighted by Crippen LogP contribution is -2.05. The van der Waals surface area contributed by atoms with Gasteiger partial charge in [-0.1, -0.05) is 6.07 Å². The Morgan fingerprint density at radius 3 is 2.17 bits per heavy atom. The number of H-pyrrole nitrogens is 1. The van der Waals surface area contributed by atoms with Crippen molar-refractivity contribution in [3.63, 3.8) is 0 Å². The summed E-state index contributed by atoms with van der Waals surface area (Å²) in [5.74, 6) is 1.57. The normalized spacial score (nSPS) is 11.2. The topological polar surface area (TPSA) is 89.7 Å². The van der Waals surface area contributed by atoms with E-state index in [1.165, 1.54) is 6.26 Å². The first-order valence-electron chi connectivity index (χ1n) is 9.27. The summed E-state index contributed by atoms with van der Waals surface area (Å²) < 4.78 is 40.0. The Kier molecular flexibility index (Phi) is 6.26. The van der Waals surface area contributed by atoms with E-state index < -0.39 is 9.84 Å². The van der Waals surface area contributed by atoms with E-state index in [9.17, 15) is 8.42 Å². The van der Waals surface area contributed by atoms with Crippen LogP contribution in [0, 0.1) is 6.92 Å². The third-order valence-electron chi connectivity index (χ3n) is 4.83. The van der Waals surface area contributed by atoms with Crippen molar-refractivity contribution in [3.05, 3.63) is 53.9 Å². The van der Waals surface area contributed by atoms with E-state index in [2.05, 4.69) is 10.3 Å². The third kappa shape index (κ3) is 4.54. The molecular weight excluding hydrogens is 404 g/mol. The quantitative estimate of drug-likeness (QED) is 0.554. The van der Waals surface area contributed by atoms with Crippen LogP contribution in [0.1, 0.15) is 11.1 Å². The van der Waals surface area contributed by atoms with Crippen LogP contribution in [-0.2, 0) is 15.6 Å². The number of anilines is 2. The Morgan fingerprint density at radius 1 is 1.00 bits per heavy atom. The second-order valence-corrected chi connectivity index (χ2v) is 9.12. The largest absolute Gasteiger partial charge is 0.493 e. The first-order chi connectivity index (χ1) is 14.3. The maximum absolute atomic E-state index is 11.9. The number of ether oxygens (including phenoxy) is 3. The van der Waals surface area contributed by atoms with Crippen LogP contribution in [-0.4, -0.2) is 41.0 Å². The van der Waals surface area contributed by atoms with Crippen molar-refractivity contribution in [1.82, 2.24) is 4.98 Å². The molecule has 0 atom stereocenters. The zero-order valence-corrected chi connectivity index (χ0v) is 18.5. The highest BCUT2D eigenvalue weighted by Crippen LogP contribution is 2.42.